The number of hydrogen-bond donors (Lipinski definition) is 0. The molecule has 2 aromatic rings. The lowest BCUT2D eigenvalue weighted by molar-refractivity contribution is -0.141. The van der Waals surface area contributed by atoms with Gasteiger partial charge in [-0.1, -0.05) is 41.4 Å². The second-order valence-corrected chi connectivity index (χ2v) is 9.52. The first kappa shape index (κ1) is 18.1. The SMILES string of the molecule is Cc1ccc(CN2C(=O)[C@@]3(SCCN3C(=O)C3CC3)c3cc(Cl)ccc32)cc1. The molecule has 1 saturated heterocycles. The van der Waals surface area contributed by atoms with Crippen molar-refractivity contribution < 1.29 is 9.59 Å². The number of carbonyl (C=O) groups excluding carboxylic acids is 2. The Labute approximate surface area is 173 Å². The Kier molecular flexibility index (Phi) is 4.21. The molecule has 1 saturated carbocycles. The van der Waals surface area contributed by atoms with Gasteiger partial charge in [0.15, 0.2) is 4.87 Å². The van der Waals surface area contributed by atoms with Gasteiger partial charge in [0.1, 0.15) is 0 Å². The minimum Gasteiger partial charge on any atom is -0.315 e. The van der Waals surface area contributed by atoms with Gasteiger partial charge in [-0.3, -0.25) is 9.59 Å². The van der Waals surface area contributed by atoms with E-state index in [9.17, 15) is 9.59 Å². The van der Waals surface area contributed by atoms with Crippen molar-refractivity contribution in [1.82, 2.24) is 4.90 Å². The van der Waals surface area contributed by atoms with Crippen molar-refractivity contribution in [2.45, 2.75) is 31.2 Å². The molecule has 28 heavy (non-hydrogen) atoms. The van der Waals surface area contributed by atoms with Crippen molar-refractivity contribution >= 4 is 40.9 Å². The Morgan fingerprint density at radius 3 is 2.68 bits per heavy atom. The maximum atomic E-state index is 13.8. The zero-order valence-corrected chi connectivity index (χ0v) is 17.2. The van der Waals surface area contributed by atoms with Gasteiger partial charge >= 0.3 is 0 Å². The Hall–Kier alpha value is -1.98. The van der Waals surface area contributed by atoms with Crippen LogP contribution in [0.2, 0.25) is 5.02 Å². The van der Waals surface area contributed by atoms with Gasteiger partial charge in [0.2, 0.25) is 5.91 Å². The normalized spacial score (nSPS) is 23.6. The first-order valence-electron chi connectivity index (χ1n) is 9.64. The first-order valence-corrected chi connectivity index (χ1v) is 11.0. The molecule has 144 valence electrons. The summed E-state index contributed by atoms with van der Waals surface area (Å²) in [6.07, 6.45) is 1.86. The van der Waals surface area contributed by atoms with E-state index in [1.54, 1.807) is 11.8 Å². The van der Waals surface area contributed by atoms with Crippen LogP contribution in [0.4, 0.5) is 5.69 Å². The maximum Gasteiger partial charge on any atom is 0.268 e. The van der Waals surface area contributed by atoms with E-state index in [-0.39, 0.29) is 17.7 Å². The second-order valence-electron chi connectivity index (χ2n) is 7.79. The Balaban J connectivity index is 1.59. The smallest absolute Gasteiger partial charge is 0.268 e. The summed E-state index contributed by atoms with van der Waals surface area (Å²) in [5, 5.41) is 0.592. The molecular weight excluding hydrogens is 392 g/mol. The summed E-state index contributed by atoms with van der Waals surface area (Å²) >= 11 is 7.88. The lowest BCUT2D eigenvalue weighted by Crippen LogP contribution is -2.50. The second kappa shape index (κ2) is 6.53. The Bertz CT molecular complexity index is 973. The molecule has 1 spiro atoms. The van der Waals surface area contributed by atoms with Crippen LogP contribution < -0.4 is 4.90 Å². The van der Waals surface area contributed by atoms with Crippen LogP contribution in [0.15, 0.2) is 42.5 Å². The number of rotatable bonds is 3. The predicted molar refractivity (Wildman–Crippen MR) is 112 cm³/mol. The minimum atomic E-state index is -0.968. The van der Waals surface area contributed by atoms with Crippen molar-refractivity contribution in [3.8, 4) is 0 Å². The first-order chi connectivity index (χ1) is 13.5. The molecule has 4 nitrogen and oxygen atoms in total. The largest absolute Gasteiger partial charge is 0.315 e. The molecule has 3 aliphatic rings. The fraction of sp³-hybridized carbons (Fsp3) is 0.364. The number of amides is 2. The highest BCUT2D eigenvalue weighted by atomic mass is 35.5. The Morgan fingerprint density at radius 2 is 1.96 bits per heavy atom. The molecule has 0 bridgehead atoms. The van der Waals surface area contributed by atoms with E-state index in [1.807, 2.05) is 34.9 Å². The third-order valence-electron chi connectivity index (χ3n) is 5.81. The fourth-order valence-electron chi connectivity index (χ4n) is 4.19. The van der Waals surface area contributed by atoms with E-state index in [0.717, 1.165) is 35.4 Å². The molecule has 0 N–H and O–H groups in total. The van der Waals surface area contributed by atoms with E-state index in [4.69, 9.17) is 11.6 Å². The molecule has 1 aliphatic carbocycles. The van der Waals surface area contributed by atoms with Crippen molar-refractivity contribution in [2.24, 2.45) is 5.92 Å². The Morgan fingerprint density at radius 1 is 1.21 bits per heavy atom. The van der Waals surface area contributed by atoms with E-state index in [2.05, 4.69) is 24.3 Å². The third-order valence-corrected chi connectivity index (χ3v) is 7.46. The molecule has 2 aliphatic heterocycles. The summed E-state index contributed by atoms with van der Waals surface area (Å²) in [6, 6.07) is 13.8. The van der Waals surface area contributed by atoms with Gasteiger partial charge in [-0.25, -0.2) is 0 Å². The molecule has 6 heteroatoms. The zero-order valence-electron chi connectivity index (χ0n) is 15.7. The molecule has 1 atom stereocenters. The van der Waals surface area contributed by atoms with Gasteiger partial charge in [0.25, 0.3) is 5.91 Å². The number of thioether (sulfide) groups is 1. The van der Waals surface area contributed by atoms with Crippen molar-refractivity contribution in [2.75, 3.05) is 17.2 Å². The number of nitrogens with zero attached hydrogens (tertiary/aromatic N) is 2. The third kappa shape index (κ3) is 2.67. The van der Waals surface area contributed by atoms with Gasteiger partial charge < -0.3 is 9.80 Å². The van der Waals surface area contributed by atoms with Crippen LogP contribution in [0.3, 0.4) is 0 Å². The summed E-state index contributed by atoms with van der Waals surface area (Å²) < 4.78 is 0. The van der Waals surface area contributed by atoms with Gasteiger partial charge in [0.05, 0.1) is 12.2 Å². The molecule has 0 unspecified atom stereocenters. The summed E-state index contributed by atoms with van der Waals surface area (Å²) in [7, 11) is 0. The van der Waals surface area contributed by atoms with E-state index in [0.29, 0.717) is 18.1 Å². The van der Waals surface area contributed by atoms with Gasteiger partial charge in [-0.15, -0.1) is 11.8 Å². The number of halogens is 1. The summed E-state index contributed by atoms with van der Waals surface area (Å²) in [4.78, 5) is 29.5. The monoisotopic (exact) mass is 412 g/mol. The standard InChI is InChI=1S/C22H21ClN2O2S/c1-14-2-4-15(5-3-14)13-24-19-9-8-17(23)12-18(19)22(21(24)27)25(10-11-28-22)20(26)16-6-7-16/h2-5,8-9,12,16H,6-7,10-11,13H2,1H3/t22-/m0/s1. The van der Waals surface area contributed by atoms with E-state index >= 15 is 0 Å². The zero-order chi connectivity index (χ0) is 19.5. The quantitative estimate of drug-likeness (QED) is 0.753. The van der Waals surface area contributed by atoms with Gasteiger partial charge in [-0.2, -0.15) is 0 Å². The van der Waals surface area contributed by atoms with Crippen LogP contribution in [0, 0.1) is 12.8 Å². The van der Waals surface area contributed by atoms with Crippen LogP contribution in [-0.4, -0.2) is 29.0 Å². The average molecular weight is 413 g/mol. The number of hydrogen-bond acceptors (Lipinski definition) is 3. The molecule has 2 aromatic carbocycles. The molecular formula is C22H21ClN2O2S. The van der Waals surface area contributed by atoms with Gasteiger partial charge in [0, 0.05) is 28.8 Å². The molecule has 2 amide bonds. The van der Waals surface area contributed by atoms with Crippen LogP contribution in [-0.2, 0) is 21.0 Å². The van der Waals surface area contributed by atoms with Crippen LogP contribution in [0.25, 0.3) is 0 Å². The average Bonchev–Trinajstić information content (AvgIpc) is 3.41. The fourth-order valence-corrected chi connectivity index (χ4v) is 5.82. The highest BCUT2D eigenvalue weighted by Crippen LogP contribution is 2.56. The molecule has 5 rings (SSSR count). The van der Waals surface area contributed by atoms with Crippen LogP contribution >= 0.6 is 23.4 Å². The predicted octanol–water partition coefficient (Wildman–Crippen LogP) is 4.33. The van der Waals surface area contributed by atoms with Crippen molar-refractivity contribution in [1.29, 1.82) is 0 Å². The topological polar surface area (TPSA) is 40.6 Å². The molecule has 2 heterocycles. The van der Waals surface area contributed by atoms with E-state index < -0.39 is 4.87 Å². The van der Waals surface area contributed by atoms with Gasteiger partial charge in [-0.05, 0) is 43.5 Å². The molecule has 0 radical (unpaired) electrons. The lowest BCUT2D eigenvalue weighted by Gasteiger charge is -2.33. The molecule has 2 fully saturated rings. The van der Waals surface area contributed by atoms with Crippen LogP contribution in [0.5, 0.6) is 0 Å². The number of anilines is 1. The number of carbonyl (C=O) groups is 2. The number of aryl methyl sites for hydroxylation is 1. The minimum absolute atomic E-state index is 0.0261. The lowest BCUT2D eigenvalue weighted by atomic mass is 10.1. The number of fused-ring (bicyclic) bond motifs is 2. The maximum absolute atomic E-state index is 13.8. The summed E-state index contributed by atoms with van der Waals surface area (Å²) in [5.41, 5.74) is 3.97. The highest BCUT2D eigenvalue weighted by Gasteiger charge is 2.60. The number of benzene rings is 2. The van der Waals surface area contributed by atoms with Crippen molar-refractivity contribution in [3.63, 3.8) is 0 Å². The summed E-state index contributed by atoms with van der Waals surface area (Å²) in [5.74, 6) is 0.926. The van der Waals surface area contributed by atoms with Crippen molar-refractivity contribution in [3.05, 3.63) is 64.2 Å². The van der Waals surface area contributed by atoms with E-state index in [1.165, 1.54) is 5.56 Å². The molecule has 0 aromatic heterocycles. The highest BCUT2D eigenvalue weighted by molar-refractivity contribution is 8.01. The van der Waals surface area contributed by atoms with Crippen LogP contribution in [0.1, 0.15) is 29.5 Å². The summed E-state index contributed by atoms with van der Waals surface area (Å²) in [6.45, 7) is 3.14.